The molecule has 432 valence electrons. The molecule has 28 nitrogen and oxygen atoms in total. The summed E-state index contributed by atoms with van der Waals surface area (Å²) >= 11 is 0. The molecule has 0 aliphatic carbocycles. The predicted octanol–water partition coefficient (Wildman–Crippen LogP) is -4.61. The lowest BCUT2D eigenvalue weighted by Gasteiger charge is -2.14. The first-order valence-electron chi connectivity index (χ1n) is 25.4. The molecule has 0 aliphatic heterocycles. The van der Waals surface area contributed by atoms with E-state index < -0.39 is 23.9 Å². The molecule has 2 atom stereocenters. The monoisotopic (exact) mass is 1080 g/mol. The Labute approximate surface area is 439 Å². The summed E-state index contributed by atoms with van der Waals surface area (Å²) in [5.74, 6) is -2.90. The molecule has 12 N–H and O–H groups in total. The zero-order valence-corrected chi connectivity index (χ0v) is 44.0. The summed E-state index contributed by atoms with van der Waals surface area (Å²) in [6.07, 6.45) is 4.13. The van der Waals surface area contributed by atoms with Crippen LogP contribution in [0.15, 0.2) is 0 Å². The van der Waals surface area contributed by atoms with Crippen molar-refractivity contribution >= 4 is 58.8 Å². The van der Waals surface area contributed by atoms with E-state index in [0.717, 1.165) is 0 Å². The van der Waals surface area contributed by atoms with Gasteiger partial charge in [0, 0.05) is 52.1 Å². The molecule has 0 saturated carbocycles. The van der Waals surface area contributed by atoms with Crippen molar-refractivity contribution in [3.05, 3.63) is 0 Å². The number of carbonyl (C=O) groups is 10. The Kier molecular flexibility index (Phi) is 46.1. The van der Waals surface area contributed by atoms with E-state index in [1.165, 1.54) is 13.8 Å². The van der Waals surface area contributed by atoms with Crippen molar-refractivity contribution in [3.63, 3.8) is 0 Å². The SMILES string of the molecule is CC(=O)CN[C@@H](CCCCNC(=O)COCCOCCNC(=O)COCCOCCNC(=O)CCCC(=O)NCCOCCOCC(=O)NCCOCCOCC(=O)NCCCC[C@H](NCC(C)=O)C(N)=O)C(N)=O. The summed E-state index contributed by atoms with van der Waals surface area (Å²) in [4.78, 5) is 117. The Hall–Kier alpha value is -5.30. The normalized spacial score (nSPS) is 11.8. The molecular formula is C47H86N10O18. The zero-order valence-electron chi connectivity index (χ0n) is 44.0. The zero-order chi connectivity index (χ0) is 55.6. The Morgan fingerprint density at radius 2 is 0.600 bits per heavy atom. The van der Waals surface area contributed by atoms with Crippen LogP contribution in [0, 0.1) is 0 Å². The van der Waals surface area contributed by atoms with Crippen LogP contribution in [0.5, 0.6) is 0 Å². The number of hydrogen-bond acceptors (Lipinski definition) is 20. The first-order valence-corrected chi connectivity index (χ1v) is 25.4. The van der Waals surface area contributed by atoms with Crippen LogP contribution in [0.25, 0.3) is 0 Å². The van der Waals surface area contributed by atoms with Gasteiger partial charge in [-0.3, -0.25) is 58.6 Å². The molecule has 0 aromatic heterocycles. The first-order chi connectivity index (χ1) is 36.1. The number of primary amides is 2. The molecule has 0 unspecified atom stereocenters. The molecule has 0 spiro atoms. The molecule has 0 aliphatic rings. The minimum Gasteiger partial charge on any atom is -0.377 e. The maximum Gasteiger partial charge on any atom is 0.246 e. The quantitative estimate of drug-likeness (QED) is 0.0256. The third-order valence-electron chi connectivity index (χ3n) is 9.87. The van der Waals surface area contributed by atoms with E-state index in [0.29, 0.717) is 58.0 Å². The number of ketones is 2. The summed E-state index contributed by atoms with van der Waals surface area (Å²) in [5, 5.41) is 21.8. The number of ether oxygens (including phenoxy) is 8. The summed E-state index contributed by atoms with van der Waals surface area (Å²) in [5.41, 5.74) is 10.7. The fraction of sp³-hybridized carbons (Fsp3) is 0.787. The second kappa shape index (κ2) is 49.6. The van der Waals surface area contributed by atoms with Gasteiger partial charge in [-0.15, -0.1) is 0 Å². The van der Waals surface area contributed by atoms with Crippen LogP contribution in [-0.4, -0.2) is 229 Å². The molecule has 28 heteroatoms. The second-order valence-electron chi connectivity index (χ2n) is 16.7. The topological polar surface area (TPSA) is 393 Å². The number of rotatable bonds is 54. The highest BCUT2D eigenvalue weighted by Gasteiger charge is 2.16. The summed E-state index contributed by atoms with van der Waals surface area (Å²) in [6.45, 7) is 6.85. The standard InChI is InChI=1S/C47H86N10O18/c1-36(58)30-56-38(46(48)66)8-3-5-12-50-42(62)32-72-26-24-70-20-16-54-44(64)34-74-28-22-68-18-14-52-40(60)10-7-11-41(61)53-15-19-69-23-29-75-35-45(65)55-17-21-71-25-27-73-33-43(63)51-13-6-4-9-39(47(49)67)57-31-37(2)59/h38-39,56-57H,3-35H2,1-2H3,(H2,48,66)(H2,49,67)(H,50,62)(H,51,63)(H,52,60)(H,53,61)(H,54,64)(H,55,65)/t38-,39-/m0/s1. The van der Waals surface area contributed by atoms with Gasteiger partial charge in [-0.25, -0.2) is 0 Å². The minimum atomic E-state index is -0.595. The molecule has 0 fully saturated rings. The van der Waals surface area contributed by atoms with Gasteiger partial charge in [-0.05, 0) is 58.8 Å². The van der Waals surface area contributed by atoms with Gasteiger partial charge in [0.15, 0.2) is 0 Å². The second-order valence-corrected chi connectivity index (χ2v) is 16.7. The van der Waals surface area contributed by atoms with Gasteiger partial charge in [0.2, 0.25) is 47.3 Å². The van der Waals surface area contributed by atoms with Gasteiger partial charge in [-0.1, -0.05) is 0 Å². The number of nitrogens with two attached hydrogens (primary N) is 2. The fourth-order valence-electron chi connectivity index (χ4n) is 6.01. The first kappa shape index (κ1) is 69.7. The summed E-state index contributed by atoms with van der Waals surface area (Å²) in [6, 6.07) is -1.19. The number of unbranched alkanes of at least 4 members (excludes halogenated alkanes) is 2. The van der Waals surface area contributed by atoms with Gasteiger partial charge in [0.05, 0.1) is 104 Å². The lowest BCUT2D eigenvalue weighted by molar-refractivity contribution is -0.127. The van der Waals surface area contributed by atoms with Crippen LogP contribution in [0.3, 0.4) is 0 Å². The minimum absolute atomic E-state index is 0.0710. The Morgan fingerprint density at radius 1 is 0.333 bits per heavy atom. The molecule has 0 aromatic carbocycles. The van der Waals surface area contributed by atoms with Crippen molar-refractivity contribution < 1.29 is 85.8 Å². The van der Waals surface area contributed by atoms with Crippen LogP contribution >= 0.6 is 0 Å². The van der Waals surface area contributed by atoms with Gasteiger partial charge < -0.3 is 81.3 Å². The summed E-state index contributed by atoms with van der Waals surface area (Å²) in [7, 11) is 0. The van der Waals surface area contributed by atoms with E-state index in [1.54, 1.807) is 0 Å². The fourth-order valence-corrected chi connectivity index (χ4v) is 6.01. The number of carbonyl (C=O) groups excluding carboxylic acids is 10. The van der Waals surface area contributed by atoms with E-state index in [4.69, 9.17) is 49.4 Å². The van der Waals surface area contributed by atoms with Crippen LogP contribution in [-0.2, 0) is 85.8 Å². The maximum atomic E-state index is 12.1. The predicted molar refractivity (Wildman–Crippen MR) is 269 cm³/mol. The Bertz CT molecular complexity index is 1520. The highest BCUT2D eigenvalue weighted by atomic mass is 16.5. The largest absolute Gasteiger partial charge is 0.377 e. The average molecular weight is 1080 g/mol. The molecule has 0 bridgehead atoms. The lowest BCUT2D eigenvalue weighted by Crippen LogP contribution is -2.43. The molecule has 75 heavy (non-hydrogen) atoms. The number of Topliss-reactive ketones (excluding diaryl/α,β-unsaturated/α-hetero) is 2. The number of nitrogens with one attached hydrogen (secondary N) is 8. The van der Waals surface area contributed by atoms with Crippen molar-refractivity contribution in [1.29, 1.82) is 0 Å². The van der Waals surface area contributed by atoms with Crippen LogP contribution < -0.4 is 54.0 Å². The van der Waals surface area contributed by atoms with Gasteiger partial charge >= 0.3 is 0 Å². The van der Waals surface area contributed by atoms with Gasteiger partial charge in [0.1, 0.15) is 38.0 Å². The molecular weight excluding hydrogens is 993 g/mol. The van der Waals surface area contributed by atoms with Crippen LogP contribution in [0.1, 0.15) is 71.6 Å². The number of hydrogen-bond donors (Lipinski definition) is 10. The lowest BCUT2D eigenvalue weighted by atomic mass is 10.1. The van der Waals surface area contributed by atoms with E-state index >= 15 is 0 Å². The van der Waals surface area contributed by atoms with Crippen molar-refractivity contribution in [2.45, 2.75) is 83.7 Å². The third kappa shape index (κ3) is 49.3. The third-order valence-corrected chi connectivity index (χ3v) is 9.87. The van der Waals surface area contributed by atoms with Crippen molar-refractivity contribution in [2.24, 2.45) is 11.5 Å². The maximum absolute atomic E-state index is 12.1. The highest BCUT2D eigenvalue weighted by molar-refractivity contribution is 5.83. The van der Waals surface area contributed by atoms with E-state index in [9.17, 15) is 47.9 Å². The van der Waals surface area contributed by atoms with E-state index in [-0.39, 0.29) is 205 Å². The van der Waals surface area contributed by atoms with E-state index in [2.05, 4.69) is 42.5 Å². The summed E-state index contributed by atoms with van der Waals surface area (Å²) < 4.78 is 42.7. The molecule has 0 saturated heterocycles. The van der Waals surface area contributed by atoms with E-state index in [1.807, 2.05) is 0 Å². The molecule has 0 rings (SSSR count). The Morgan fingerprint density at radius 3 is 0.880 bits per heavy atom. The Balaban J connectivity index is 3.53. The van der Waals surface area contributed by atoms with Gasteiger partial charge in [-0.2, -0.15) is 0 Å². The van der Waals surface area contributed by atoms with Crippen molar-refractivity contribution in [2.75, 3.05) is 158 Å². The molecule has 0 heterocycles. The molecule has 0 aromatic rings. The number of amides is 8. The smallest absolute Gasteiger partial charge is 0.246 e. The highest BCUT2D eigenvalue weighted by Crippen LogP contribution is 2.02. The molecule has 8 amide bonds. The van der Waals surface area contributed by atoms with Crippen LogP contribution in [0.2, 0.25) is 0 Å². The average Bonchev–Trinajstić information content (AvgIpc) is 3.35. The van der Waals surface area contributed by atoms with Gasteiger partial charge in [0.25, 0.3) is 0 Å². The molecule has 0 radical (unpaired) electrons. The van der Waals surface area contributed by atoms with Crippen LogP contribution in [0.4, 0.5) is 0 Å². The van der Waals surface area contributed by atoms with Crippen molar-refractivity contribution in [1.82, 2.24) is 42.5 Å². The van der Waals surface area contributed by atoms with Crippen molar-refractivity contribution in [3.8, 4) is 0 Å².